The van der Waals surface area contributed by atoms with Gasteiger partial charge in [0, 0.05) is 9.99 Å². The van der Waals surface area contributed by atoms with Crippen molar-refractivity contribution in [1.82, 2.24) is 5.16 Å². The first kappa shape index (κ1) is 7.05. The van der Waals surface area contributed by atoms with E-state index in [2.05, 4.69) is 27.7 Å². The van der Waals surface area contributed by atoms with E-state index in [0.717, 1.165) is 15.9 Å². The van der Waals surface area contributed by atoms with Crippen molar-refractivity contribution in [3.63, 3.8) is 0 Å². The number of rotatable bonds is 1. The average molecular weight is 237 g/mol. The Kier molecular flexibility index (Phi) is 2.10. The van der Waals surface area contributed by atoms with E-state index in [1.807, 2.05) is 13.8 Å². The minimum atomic E-state index is 0.946. The molecule has 0 aromatic carbocycles. The maximum atomic E-state index is 4.93. The van der Waals surface area contributed by atoms with Crippen LogP contribution in [0.3, 0.4) is 0 Å². The number of hydrogen-bond acceptors (Lipinski definition) is 2. The van der Waals surface area contributed by atoms with E-state index in [4.69, 9.17) is 4.52 Å². The normalized spacial score (nSPS) is 10.1. The SMILES string of the molecule is Cc1noc(C)c1CI. The molecule has 2 nitrogen and oxygen atoms in total. The third-order valence-corrected chi connectivity index (χ3v) is 2.08. The number of aromatic nitrogens is 1. The van der Waals surface area contributed by atoms with E-state index in [0.29, 0.717) is 0 Å². The van der Waals surface area contributed by atoms with Crippen molar-refractivity contribution in [2.24, 2.45) is 0 Å². The van der Waals surface area contributed by atoms with Gasteiger partial charge in [0.1, 0.15) is 5.76 Å². The van der Waals surface area contributed by atoms with Gasteiger partial charge in [-0.1, -0.05) is 27.7 Å². The first-order valence-electron chi connectivity index (χ1n) is 2.73. The molecule has 0 fully saturated rings. The van der Waals surface area contributed by atoms with Gasteiger partial charge in [-0.2, -0.15) is 0 Å². The van der Waals surface area contributed by atoms with Crippen LogP contribution in [0.15, 0.2) is 4.52 Å². The lowest BCUT2D eigenvalue weighted by Gasteiger charge is -1.87. The van der Waals surface area contributed by atoms with Gasteiger partial charge in [-0.05, 0) is 13.8 Å². The zero-order valence-electron chi connectivity index (χ0n) is 5.44. The molecule has 1 aromatic heterocycles. The highest BCUT2D eigenvalue weighted by atomic mass is 127. The molecule has 1 rings (SSSR count). The molecule has 9 heavy (non-hydrogen) atoms. The predicted molar refractivity (Wildman–Crippen MR) is 43.7 cm³/mol. The second-order valence-corrected chi connectivity index (χ2v) is 2.70. The monoisotopic (exact) mass is 237 g/mol. The Bertz CT molecular complexity index is 187. The zero-order valence-corrected chi connectivity index (χ0v) is 7.60. The second-order valence-electron chi connectivity index (χ2n) is 1.94. The molecule has 0 bridgehead atoms. The Morgan fingerprint density at radius 2 is 2.22 bits per heavy atom. The fourth-order valence-electron chi connectivity index (χ4n) is 0.693. The fraction of sp³-hybridized carbons (Fsp3) is 0.500. The van der Waals surface area contributed by atoms with Crippen LogP contribution in [0.5, 0.6) is 0 Å². The lowest BCUT2D eigenvalue weighted by molar-refractivity contribution is 0.392. The third-order valence-electron chi connectivity index (χ3n) is 1.31. The highest BCUT2D eigenvalue weighted by Gasteiger charge is 2.04. The van der Waals surface area contributed by atoms with Gasteiger partial charge < -0.3 is 4.52 Å². The standard InChI is InChI=1S/C6H8INO/c1-4-6(3-7)5(2)9-8-4/h3H2,1-2H3. The van der Waals surface area contributed by atoms with Gasteiger partial charge in [-0.15, -0.1) is 0 Å². The minimum absolute atomic E-state index is 0.946. The Hall–Kier alpha value is -0.0600. The molecule has 0 saturated carbocycles. The average Bonchev–Trinajstić information content (AvgIpc) is 2.12. The van der Waals surface area contributed by atoms with E-state index in [1.165, 1.54) is 5.56 Å². The first-order chi connectivity index (χ1) is 4.25. The Balaban J connectivity index is 3.07. The molecular formula is C6H8INO. The molecule has 0 aliphatic rings. The van der Waals surface area contributed by atoms with Gasteiger partial charge >= 0.3 is 0 Å². The Labute approximate surface area is 67.8 Å². The largest absolute Gasteiger partial charge is 0.361 e. The van der Waals surface area contributed by atoms with Crippen LogP contribution in [-0.4, -0.2) is 5.16 Å². The van der Waals surface area contributed by atoms with Crippen LogP contribution in [0, 0.1) is 13.8 Å². The molecule has 0 atom stereocenters. The highest BCUT2D eigenvalue weighted by molar-refractivity contribution is 14.1. The van der Waals surface area contributed by atoms with E-state index in [-0.39, 0.29) is 0 Å². The van der Waals surface area contributed by atoms with Crippen molar-refractivity contribution < 1.29 is 4.52 Å². The van der Waals surface area contributed by atoms with Crippen LogP contribution in [0.4, 0.5) is 0 Å². The summed E-state index contributed by atoms with van der Waals surface area (Å²) < 4.78 is 5.92. The summed E-state index contributed by atoms with van der Waals surface area (Å²) in [6.45, 7) is 3.90. The molecular weight excluding hydrogens is 229 g/mol. The van der Waals surface area contributed by atoms with Gasteiger partial charge in [-0.25, -0.2) is 0 Å². The summed E-state index contributed by atoms with van der Waals surface area (Å²) in [5.74, 6) is 0.946. The summed E-state index contributed by atoms with van der Waals surface area (Å²) >= 11 is 2.30. The fourth-order valence-corrected chi connectivity index (χ4v) is 1.78. The van der Waals surface area contributed by atoms with Crippen molar-refractivity contribution >= 4 is 22.6 Å². The molecule has 1 heterocycles. The minimum Gasteiger partial charge on any atom is -0.361 e. The van der Waals surface area contributed by atoms with Crippen LogP contribution in [0.1, 0.15) is 17.0 Å². The smallest absolute Gasteiger partial charge is 0.137 e. The molecule has 0 aliphatic carbocycles. The topological polar surface area (TPSA) is 26.0 Å². The van der Waals surface area contributed by atoms with E-state index >= 15 is 0 Å². The summed E-state index contributed by atoms with van der Waals surface area (Å²) in [6, 6.07) is 0. The first-order valence-corrected chi connectivity index (χ1v) is 4.26. The number of alkyl halides is 1. The molecule has 0 N–H and O–H groups in total. The zero-order chi connectivity index (χ0) is 6.85. The van der Waals surface area contributed by atoms with Crippen LogP contribution in [0.2, 0.25) is 0 Å². The number of halogens is 1. The van der Waals surface area contributed by atoms with Crippen LogP contribution in [-0.2, 0) is 4.43 Å². The predicted octanol–water partition coefficient (Wildman–Crippen LogP) is 2.23. The Morgan fingerprint density at radius 3 is 2.44 bits per heavy atom. The van der Waals surface area contributed by atoms with Crippen LogP contribution in [0.25, 0.3) is 0 Å². The van der Waals surface area contributed by atoms with Crippen molar-refractivity contribution in [3.05, 3.63) is 17.0 Å². The third kappa shape index (κ3) is 1.26. The Morgan fingerprint density at radius 1 is 1.56 bits per heavy atom. The van der Waals surface area contributed by atoms with Gasteiger partial charge in [0.2, 0.25) is 0 Å². The molecule has 0 aliphatic heterocycles. The highest BCUT2D eigenvalue weighted by Crippen LogP contribution is 2.14. The molecule has 0 spiro atoms. The maximum Gasteiger partial charge on any atom is 0.137 e. The molecule has 1 aromatic rings. The summed E-state index contributed by atoms with van der Waals surface area (Å²) in [7, 11) is 0. The summed E-state index contributed by atoms with van der Waals surface area (Å²) in [5, 5.41) is 3.81. The van der Waals surface area contributed by atoms with Crippen LogP contribution >= 0.6 is 22.6 Å². The lowest BCUT2D eigenvalue weighted by atomic mass is 10.2. The molecule has 3 heteroatoms. The van der Waals surface area contributed by atoms with Crippen LogP contribution < -0.4 is 0 Å². The van der Waals surface area contributed by atoms with Gasteiger partial charge in [-0.3, -0.25) is 0 Å². The maximum absolute atomic E-state index is 4.93. The number of hydrogen-bond donors (Lipinski definition) is 0. The molecule has 0 saturated heterocycles. The van der Waals surface area contributed by atoms with E-state index < -0.39 is 0 Å². The molecule has 0 radical (unpaired) electrons. The van der Waals surface area contributed by atoms with Gasteiger partial charge in [0.25, 0.3) is 0 Å². The van der Waals surface area contributed by atoms with Gasteiger partial charge in [0.05, 0.1) is 5.69 Å². The van der Waals surface area contributed by atoms with Crippen molar-refractivity contribution in [2.75, 3.05) is 0 Å². The molecule has 50 valence electrons. The van der Waals surface area contributed by atoms with E-state index in [9.17, 15) is 0 Å². The summed E-state index contributed by atoms with van der Waals surface area (Å²) in [6.07, 6.45) is 0. The molecule has 0 amide bonds. The van der Waals surface area contributed by atoms with Crippen molar-refractivity contribution in [2.45, 2.75) is 18.3 Å². The summed E-state index contributed by atoms with van der Waals surface area (Å²) in [5.41, 5.74) is 2.25. The van der Waals surface area contributed by atoms with E-state index in [1.54, 1.807) is 0 Å². The van der Waals surface area contributed by atoms with Crippen molar-refractivity contribution in [3.8, 4) is 0 Å². The van der Waals surface area contributed by atoms with Gasteiger partial charge in [0.15, 0.2) is 0 Å². The molecule has 0 unspecified atom stereocenters. The number of nitrogens with zero attached hydrogens (tertiary/aromatic N) is 1. The number of aryl methyl sites for hydroxylation is 2. The lowest BCUT2D eigenvalue weighted by Crippen LogP contribution is -1.79. The second kappa shape index (κ2) is 2.68. The van der Waals surface area contributed by atoms with Crippen molar-refractivity contribution in [1.29, 1.82) is 0 Å². The summed E-state index contributed by atoms with van der Waals surface area (Å²) in [4.78, 5) is 0. The quantitative estimate of drug-likeness (QED) is 0.552.